The topological polar surface area (TPSA) is 17.1 Å². The summed E-state index contributed by atoms with van der Waals surface area (Å²) in [7, 11) is 0. The molecule has 2 aromatic rings. The molecule has 0 aliphatic rings. The van der Waals surface area contributed by atoms with Crippen LogP contribution in [0.3, 0.4) is 0 Å². The number of carbonyl (C=O) groups is 1. The molecule has 0 saturated heterocycles. The summed E-state index contributed by atoms with van der Waals surface area (Å²) in [6.45, 7) is 1.83. The van der Waals surface area contributed by atoms with Crippen LogP contribution < -0.4 is 0 Å². The maximum atomic E-state index is 13.6. The average Bonchev–Trinajstić information content (AvgIpc) is 2.35. The lowest BCUT2D eigenvalue weighted by molar-refractivity contribution is 0.103. The van der Waals surface area contributed by atoms with Crippen LogP contribution in [0.15, 0.2) is 36.4 Å². The van der Waals surface area contributed by atoms with E-state index in [0.717, 1.165) is 5.56 Å². The summed E-state index contributed by atoms with van der Waals surface area (Å²) in [5, 5.41) is 0.793. The molecule has 0 N–H and O–H groups in total. The zero-order valence-corrected chi connectivity index (χ0v) is 11.0. The standard InChI is InChI=1S/C14H9Cl2FO/c1-8-2-3-9(6-12(8)16)14(18)11-7-10(15)4-5-13(11)17/h2-7H,1H3. The molecule has 0 heterocycles. The maximum absolute atomic E-state index is 13.6. The predicted molar refractivity (Wildman–Crippen MR) is 71.0 cm³/mol. The van der Waals surface area contributed by atoms with Gasteiger partial charge < -0.3 is 0 Å². The molecule has 18 heavy (non-hydrogen) atoms. The van der Waals surface area contributed by atoms with Gasteiger partial charge in [0.2, 0.25) is 0 Å². The van der Waals surface area contributed by atoms with Gasteiger partial charge in [-0.3, -0.25) is 4.79 Å². The summed E-state index contributed by atoms with van der Waals surface area (Å²) >= 11 is 11.7. The highest BCUT2D eigenvalue weighted by Gasteiger charge is 2.15. The van der Waals surface area contributed by atoms with Crippen molar-refractivity contribution in [2.24, 2.45) is 0 Å². The number of hydrogen-bond donors (Lipinski definition) is 0. The summed E-state index contributed by atoms with van der Waals surface area (Å²) in [4.78, 5) is 12.1. The van der Waals surface area contributed by atoms with Crippen LogP contribution >= 0.6 is 23.2 Å². The fourth-order valence-corrected chi connectivity index (χ4v) is 1.91. The van der Waals surface area contributed by atoms with Crippen molar-refractivity contribution in [3.8, 4) is 0 Å². The van der Waals surface area contributed by atoms with Crippen LogP contribution in [0.2, 0.25) is 10.0 Å². The van der Waals surface area contributed by atoms with Gasteiger partial charge in [0.25, 0.3) is 0 Å². The van der Waals surface area contributed by atoms with Crippen LogP contribution in [0.1, 0.15) is 21.5 Å². The maximum Gasteiger partial charge on any atom is 0.196 e. The van der Waals surface area contributed by atoms with Crippen LogP contribution in [0.4, 0.5) is 4.39 Å². The normalized spacial score (nSPS) is 10.4. The minimum atomic E-state index is -0.596. The molecule has 0 amide bonds. The highest BCUT2D eigenvalue weighted by molar-refractivity contribution is 6.32. The van der Waals surface area contributed by atoms with E-state index in [1.54, 1.807) is 12.1 Å². The number of aryl methyl sites for hydroxylation is 1. The van der Waals surface area contributed by atoms with Gasteiger partial charge in [-0.1, -0.05) is 35.3 Å². The SMILES string of the molecule is Cc1ccc(C(=O)c2cc(Cl)ccc2F)cc1Cl. The van der Waals surface area contributed by atoms with Crippen LogP contribution in [0.5, 0.6) is 0 Å². The predicted octanol–water partition coefficient (Wildman–Crippen LogP) is 4.67. The second-order valence-corrected chi connectivity index (χ2v) is 4.76. The number of rotatable bonds is 2. The van der Waals surface area contributed by atoms with E-state index in [0.29, 0.717) is 15.6 Å². The smallest absolute Gasteiger partial charge is 0.196 e. The van der Waals surface area contributed by atoms with Crippen molar-refractivity contribution >= 4 is 29.0 Å². The van der Waals surface area contributed by atoms with Crippen molar-refractivity contribution in [3.05, 3.63) is 69.0 Å². The van der Waals surface area contributed by atoms with Crippen molar-refractivity contribution in [1.29, 1.82) is 0 Å². The first-order chi connectivity index (χ1) is 8.49. The molecule has 92 valence electrons. The molecule has 0 atom stereocenters. The lowest BCUT2D eigenvalue weighted by atomic mass is 10.0. The Balaban J connectivity index is 2.47. The zero-order valence-electron chi connectivity index (χ0n) is 9.51. The molecule has 0 saturated carbocycles. The number of halogens is 3. The lowest BCUT2D eigenvalue weighted by Crippen LogP contribution is -2.04. The van der Waals surface area contributed by atoms with E-state index in [2.05, 4.69) is 0 Å². The van der Waals surface area contributed by atoms with Crippen molar-refractivity contribution in [3.63, 3.8) is 0 Å². The van der Waals surface area contributed by atoms with E-state index in [1.165, 1.54) is 24.3 Å². The molecule has 0 fully saturated rings. The molecular weight excluding hydrogens is 274 g/mol. The molecule has 1 nitrogen and oxygen atoms in total. The highest BCUT2D eigenvalue weighted by atomic mass is 35.5. The van der Waals surface area contributed by atoms with E-state index < -0.39 is 11.6 Å². The minimum absolute atomic E-state index is 0.0533. The third-order valence-electron chi connectivity index (χ3n) is 2.61. The Bertz CT molecular complexity index is 623. The molecule has 4 heteroatoms. The second-order valence-electron chi connectivity index (χ2n) is 3.92. The van der Waals surface area contributed by atoms with Crippen molar-refractivity contribution in [1.82, 2.24) is 0 Å². The molecule has 0 aliphatic carbocycles. The number of ketones is 1. The Hall–Kier alpha value is -1.38. The summed E-state index contributed by atoms with van der Waals surface area (Å²) in [6, 6.07) is 8.75. The van der Waals surface area contributed by atoms with E-state index in [1.807, 2.05) is 6.92 Å². The molecule has 2 rings (SSSR count). The van der Waals surface area contributed by atoms with Crippen LogP contribution in [-0.2, 0) is 0 Å². The summed E-state index contributed by atoms with van der Waals surface area (Å²) in [5.74, 6) is -1.03. The van der Waals surface area contributed by atoms with E-state index in [9.17, 15) is 9.18 Å². The molecular formula is C14H9Cl2FO. The summed E-state index contributed by atoms with van der Waals surface area (Å²) < 4.78 is 13.6. The molecule has 0 unspecified atom stereocenters. The van der Waals surface area contributed by atoms with Gasteiger partial charge in [0.05, 0.1) is 5.56 Å². The zero-order chi connectivity index (χ0) is 13.3. The minimum Gasteiger partial charge on any atom is -0.288 e. The van der Waals surface area contributed by atoms with Crippen molar-refractivity contribution in [2.45, 2.75) is 6.92 Å². The number of benzene rings is 2. The summed E-state index contributed by atoms with van der Waals surface area (Å²) in [5.41, 5.74) is 1.15. The molecule has 0 bridgehead atoms. The first-order valence-corrected chi connectivity index (χ1v) is 6.00. The van der Waals surface area contributed by atoms with Gasteiger partial charge in [-0.15, -0.1) is 0 Å². The van der Waals surface area contributed by atoms with Gasteiger partial charge in [-0.05, 0) is 36.8 Å². The largest absolute Gasteiger partial charge is 0.288 e. The Kier molecular flexibility index (Phi) is 3.69. The molecule has 0 aromatic heterocycles. The van der Waals surface area contributed by atoms with Crippen molar-refractivity contribution in [2.75, 3.05) is 0 Å². The first-order valence-electron chi connectivity index (χ1n) is 5.25. The van der Waals surface area contributed by atoms with Gasteiger partial charge >= 0.3 is 0 Å². The van der Waals surface area contributed by atoms with Gasteiger partial charge in [-0.25, -0.2) is 4.39 Å². The Morgan fingerprint density at radius 1 is 1.11 bits per heavy atom. The fraction of sp³-hybridized carbons (Fsp3) is 0.0714. The van der Waals surface area contributed by atoms with Crippen LogP contribution in [-0.4, -0.2) is 5.78 Å². The molecule has 2 aromatic carbocycles. The molecule has 0 radical (unpaired) electrons. The molecule has 0 aliphatic heterocycles. The fourth-order valence-electron chi connectivity index (χ4n) is 1.56. The third-order valence-corrected chi connectivity index (χ3v) is 3.25. The lowest BCUT2D eigenvalue weighted by Gasteiger charge is -2.05. The van der Waals surface area contributed by atoms with E-state index in [-0.39, 0.29) is 5.56 Å². The Morgan fingerprint density at radius 2 is 1.83 bits per heavy atom. The van der Waals surface area contributed by atoms with Crippen molar-refractivity contribution < 1.29 is 9.18 Å². The van der Waals surface area contributed by atoms with Crippen LogP contribution in [0.25, 0.3) is 0 Å². The second kappa shape index (κ2) is 5.09. The van der Waals surface area contributed by atoms with E-state index in [4.69, 9.17) is 23.2 Å². The Morgan fingerprint density at radius 3 is 2.50 bits per heavy atom. The van der Waals surface area contributed by atoms with Gasteiger partial charge in [-0.2, -0.15) is 0 Å². The monoisotopic (exact) mass is 282 g/mol. The van der Waals surface area contributed by atoms with Gasteiger partial charge in [0, 0.05) is 15.6 Å². The van der Waals surface area contributed by atoms with Gasteiger partial charge in [0.15, 0.2) is 5.78 Å². The average molecular weight is 283 g/mol. The Labute approximate surface area is 114 Å². The third kappa shape index (κ3) is 2.55. The highest BCUT2D eigenvalue weighted by Crippen LogP contribution is 2.22. The molecule has 0 spiro atoms. The quantitative estimate of drug-likeness (QED) is 0.732. The van der Waals surface area contributed by atoms with Crippen LogP contribution in [0, 0.1) is 12.7 Å². The number of hydrogen-bond acceptors (Lipinski definition) is 1. The summed E-state index contributed by atoms with van der Waals surface area (Å²) in [6.07, 6.45) is 0. The number of carbonyl (C=O) groups excluding carboxylic acids is 1. The van der Waals surface area contributed by atoms with Gasteiger partial charge in [0.1, 0.15) is 5.82 Å². The first kappa shape index (κ1) is 13.1. The van der Waals surface area contributed by atoms with E-state index >= 15 is 0 Å².